The number of rotatable bonds is 5. The number of nitro benzene ring substituents is 1. The zero-order chi connectivity index (χ0) is 17.0. The predicted molar refractivity (Wildman–Crippen MR) is 86.1 cm³/mol. The van der Waals surface area contributed by atoms with E-state index in [0.717, 1.165) is 44.3 Å². The van der Waals surface area contributed by atoms with Crippen LogP contribution < -0.4 is 9.73 Å². The molecule has 1 heterocycles. The maximum Gasteiger partial charge on any atom is 0.276 e. The molecular formula is C14H21N4O4S+. The number of likely N-dealkylation sites (tertiary alicyclic amines) is 1. The second-order valence-corrected chi connectivity index (χ2v) is 7.24. The fourth-order valence-electron chi connectivity index (χ4n) is 2.49. The summed E-state index contributed by atoms with van der Waals surface area (Å²) in [4.78, 5) is 13.8. The Kier molecular flexibility index (Phi) is 5.32. The summed E-state index contributed by atoms with van der Waals surface area (Å²) < 4.78 is 24.5. The molecule has 126 valence electrons. The highest BCUT2D eigenvalue weighted by molar-refractivity contribution is 7.89. The van der Waals surface area contributed by atoms with E-state index in [9.17, 15) is 18.5 Å². The van der Waals surface area contributed by atoms with Crippen LogP contribution in [0.2, 0.25) is 0 Å². The van der Waals surface area contributed by atoms with Gasteiger partial charge in [-0.05, 0) is 19.9 Å². The molecule has 1 aromatic carbocycles. The number of hydrogen-bond donors (Lipinski definition) is 2. The number of benzene rings is 1. The van der Waals surface area contributed by atoms with Gasteiger partial charge in [0.05, 0.1) is 35.2 Å². The van der Waals surface area contributed by atoms with Gasteiger partial charge in [0.1, 0.15) is 0 Å². The van der Waals surface area contributed by atoms with Gasteiger partial charge in [0, 0.05) is 24.5 Å². The Morgan fingerprint density at radius 2 is 2.00 bits per heavy atom. The molecule has 0 atom stereocenters. The summed E-state index contributed by atoms with van der Waals surface area (Å²) in [6, 6.07) is 3.82. The first-order valence-corrected chi connectivity index (χ1v) is 8.97. The second kappa shape index (κ2) is 7.05. The molecule has 1 saturated heterocycles. The Balaban J connectivity index is 2.14. The van der Waals surface area contributed by atoms with E-state index in [2.05, 4.69) is 16.9 Å². The molecule has 2 rings (SSSR count). The van der Waals surface area contributed by atoms with Crippen molar-refractivity contribution in [3.63, 3.8) is 0 Å². The first-order chi connectivity index (χ1) is 10.8. The molecule has 0 amide bonds. The molecule has 1 aromatic rings. The Hall–Kier alpha value is -2.00. The molecule has 0 unspecified atom stereocenters. The van der Waals surface area contributed by atoms with Gasteiger partial charge in [-0.15, -0.1) is 0 Å². The Morgan fingerprint density at radius 3 is 2.57 bits per heavy atom. The highest BCUT2D eigenvalue weighted by Gasteiger charge is 2.21. The van der Waals surface area contributed by atoms with E-state index in [1.807, 2.05) is 0 Å². The normalized spacial score (nSPS) is 18.5. The first-order valence-electron chi connectivity index (χ1n) is 7.49. The van der Waals surface area contributed by atoms with Gasteiger partial charge < -0.3 is 4.90 Å². The lowest BCUT2D eigenvalue weighted by Crippen LogP contribution is -3.12. The molecule has 2 N–H and O–H groups in total. The number of sulfonamides is 1. The van der Waals surface area contributed by atoms with Crippen molar-refractivity contribution in [2.24, 2.45) is 5.10 Å². The third-order valence-electron chi connectivity index (χ3n) is 4.05. The van der Waals surface area contributed by atoms with Gasteiger partial charge in [-0.3, -0.25) is 10.1 Å². The summed E-state index contributed by atoms with van der Waals surface area (Å²) in [5.74, 6) is 0. The molecule has 0 spiro atoms. The van der Waals surface area contributed by atoms with Crippen molar-refractivity contribution in [3.8, 4) is 0 Å². The minimum absolute atomic E-state index is 0.157. The van der Waals surface area contributed by atoms with Crippen LogP contribution in [0.5, 0.6) is 0 Å². The van der Waals surface area contributed by atoms with Crippen molar-refractivity contribution < 1.29 is 18.2 Å². The molecule has 0 aliphatic carbocycles. The summed E-state index contributed by atoms with van der Waals surface area (Å²) in [5.41, 5.74) is 1.00. The van der Waals surface area contributed by atoms with Gasteiger partial charge in [0.25, 0.3) is 15.7 Å². The van der Waals surface area contributed by atoms with E-state index in [1.165, 1.54) is 17.0 Å². The monoisotopic (exact) mass is 341 g/mol. The third-order valence-corrected chi connectivity index (χ3v) is 5.25. The summed E-state index contributed by atoms with van der Waals surface area (Å²) in [7, 11) is -3.90. The lowest BCUT2D eigenvalue weighted by molar-refractivity contribution is -0.899. The molecule has 1 aliphatic rings. The number of nitrogens with one attached hydrogen (secondary N) is 2. The van der Waals surface area contributed by atoms with Crippen LogP contribution in [0.3, 0.4) is 0 Å². The molecule has 0 aromatic heterocycles. The predicted octanol–water partition coefficient (Wildman–Crippen LogP) is 0.236. The van der Waals surface area contributed by atoms with Crippen molar-refractivity contribution in [1.82, 2.24) is 4.83 Å². The number of quaternary nitrogens is 1. The van der Waals surface area contributed by atoms with Crippen LogP contribution in [0.1, 0.15) is 25.3 Å². The fraction of sp³-hybridized carbons (Fsp3) is 0.500. The fourth-order valence-corrected chi connectivity index (χ4v) is 3.36. The van der Waals surface area contributed by atoms with Gasteiger partial charge in [-0.1, -0.05) is 6.07 Å². The number of hydrogen-bond acceptors (Lipinski definition) is 5. The molecule has 1 fully saturated rings. The molecule has 23 heavy (non-hydrogen) atoms. The largest absolute Gasteiger partial charge is 0.335 e. The summed E-state index contributed by atoms with van der Waals surface area (Å²) in [5, 5.41) is 14.9. The second-order valence-electron chi connectivity index (χ2n) is 5.58. The van der Waals surface area contributed by atoms with Gasteiger partial charge >= 0.3 is 0 Å². The van der Waals surface area contributed by atoms with E-state index in [-0.39, 0.29) is 10.6 Å². The molecule has 9 heteroatoms. The SMILES string of the molecule is CC[NH+]1CCC(=NNS(=O)(=O)c2ccc(C)c([N+](=O)[O-])c2)CC1. The number of nitrogens with zero attached hydrogens (tertiary/aromatic N) is 2. The van der Waals surface area contributed by atoms with Gasteiger partial charge in [-0.2, -0.15) is 13.5 Å². The van der Waals surface area contributed by atoms with Gasteiger partial charge in [0.2, 0.25) is 0 Å². The quantitative estimate of drug-likeness (QED) is 0.591. The van der Waals surface area contributed by atoms with Crippen LogP contribution in [0.4, 0.5) is 5.69 Å². The standard InChI is InChI=1S/C14H20N4O4S/c1-3-17-8-6-12(7-9-17)15-16-23(21,22)13-5-4-11(2)14(10-13)18(19)20/h4-5,10,16H,3,6-9H2,1-2H3/p+1. The van der Waals surface area contributed by atoms with E-state index in [1.54, 1.807) is 6.92 Å². The van der Waals surface area contributed by atoms with E-state index >= 15 is 0 Å². The topological polar surface area (TPSA) is 106 Å². The molecule has 0 radical (unpaired) electrons. The zero-order valence-electron chi connectivity index (χ0n) is 13.2. The Labute approximate surface area is 135 Å². The average Bonchev–Trinajstić information content (AvgIpc) is 2.53. The average molecular weight is 341 g/mol. The summed E-state index contributed by atoms with van der Waals surface area (Å²) >= 11 is 0. The van der Waals surface area contributed by atoms with Gasteiger partial charge in [-0.25, -0.2) is 4.83 Å². The lowest BCUT2D eigenvalue weighted by atomic mass is 10.1. The van der Waals surface area contributed by atoms with Crippen LogP contribution >= 0.6 is 0 Å². The minimum atomic E-state index is -3.90. The molecule has 1 aliphatic heterocycles. The van der Waals surface area contributed by atoms with Crippen molar-refractivity contribution >= 4 is 21.4 Å². The Morgan fingerprint density at radius 1 is 1.35 bits per heavy atom. The zero-order valence-corrected chi connectivity index (χ0v) is 14.0. The summed E-state index contributed by atoms with van der Waals surface area (Å²) in [6.07, 6.45) is 1.50. The van der Waals surface area contributed by atoms with Crippen molar-refractivity contribution in [1.29, 1.82) is 0 Å². The number of piperidine rings is 1. The highest BCUT2D eigenvalue weighted by Crippen LogP contribution is 2.22. The van der Waals surface area contributed by atoms with Crippen LogP contribution in [0, 0.1) is 17.0 Å². The number of nitro groups is 1. The van der Waals surface area contributed by atoms with Crippen molar-refractivity contribution in [2.45, 2.75) is 31.6 Å². The smallest absolute Gasteiger partial charge is 0.276 e. The molecular weight excluding hydrogens is 320 g/mol. The van der Waals surface area contributed by atoms with Crippen LogP contribution in [-0.4, -0.2) is 38.7 Å². The molecule has 0 saturated carbocycles. The van der Waals surface area contributed by atoms with E-state index in [0.29, 0.717) is 5.56 Å². The Bertz CT molecular complexity index is 720. The van der Waals surface area contributed by atoms with Crippen molar-refractivity contribution in [2.75, 3.05) is 19.6 Å². The van der Waals surface area contributed by atoms with Crippen LogP contribution in [0.25, 0.3) is 0 Å². The minimum Gasteiger partial charge on any atom is -0.335 e. The number of hydrazone groups is 1. The third kappa shape index (κ3) is 4.26. The van der Waals surface area contributed by atoms with E-state index < -0.39 is 14.9 Å². The van der Waals surface area contributed by atoms with Gasteiger partial charge in [0.15, 0.2) is 0 Å². The maximum atomic E-state index is 12.2. The van der Waals surface area contributed by atoms with Crippen molar-refractivity contribution in [3.05, 3.63) is 33.9 Å². The van der Waals surface area contributed by atoms with Crippen LogP contribution in [0.15, 0.2) is 28.2 Å². The van der Waals surface area contributed by atoms with Crippen LogP contribution in [-0.2, 0) is 10.0 Å². The molecule has 0 bridgehead atoms. The number of aryl methyl sites for hydroxylation is 1. The van der Waals surface area contributed by atoms with E-state index in [4.69, 9.17) is 0 Å². The first kappa shape index (κ1) is 17.4. The lowest BCUT2D eigenvalue weighted by Gasteiger charge is -2.23. The summed E-state index contributed by atoms with van der Waals surface area (Å²) in [6.45, 7) is 6.60. The molecule has 8 nitrogen and oxygen atoms in total. The highest BCUT2D eigenvalue weighted by atomic mass is 32.2. The maximum absolute atomic E-state index is 12.2.